The van der Waals surface area contributed by atoms with Gasteiger partial charge < -0.3 is 20.5 Å². The van der Waals surface area contributed by atoms with Gasteiger partial charge >= 0.3 is 6.09 Å². The molecular formula is C21H24I2N2O4. The summed E-state index contributed by atoms with van der Waals surface area (Å²) in [6, 6.07) is 10.2. The number of amides is 2. The second kappa shape index (κ2) is 9.96. The lowest BCUT2D eigenvalue weighted by Crippen LogP contribution is -2.47. The molecule has 0 aromatic heterocycles. The number of hydrogen-bond acceptors (Lipinski definition) is 4. The fourth-order valence-corrected chi connectivity index (χ4v) is 4.46. The topological polar surface area (TPSA) is 87.7 Å². The lowest BCUT2D eigenvalue weighted by Gasteiger charge is -2.24. The van der Waals surface area contributed by atoms with E-state index in [-0.39, 0.29) is 18.1 Å². The second-order valence-corrected chi connectivity index (χ2v) is 9.94. The SMILES string of the molecule is Cc1ccccc1NC(=O)[C@@H](Cc1cc(I)c(O)c(I)c1)NC(=O)OC(C)(C)C. The Bertz CT molecular complexity index is 887. The first-order valence-electron chi connectivity index (χ1n) is 8.99. The summed E-state index contributed by atoms with van der Waals surface area (Å²) < 4.78 is 6.68. The Hall–Kier alpha value is -1.56. The summed E-state index contributed by atoms with van der Waals surface area (Å²) >= 11 is 4.08. The molecule has 0 saturated carbocycles. The number of phenols is 1. The van der Waals surface area contributed by atoms with Gasteiger partial charge in [0.1, 0.15) is 17.4 Å². The molecule has 0 aliphatic heterocycles. The summed E-state index contributed by atoms with van der Waals surface area (Å²) in [4.78, 5) is 25.3. The summed E-state index contributed by atoms with van der Waals surface area (Å²) in [7, 11) is 0. The fourth-order valence-electron chi connectivity index (χ4n) is 2.56. The molecular weight excluding hydrogens is 598 g/mol. The molecule has 0 fully saturated rings. The normalized spacial score (nSPS) is 12.2. The van der Waals surface area contributed by atoms with Crippen LogP contribution < -0.4 is 10.6 Å². The average Bonchev–Trinajstić information content (AvgIpc) is 2.59. The van der Waals surface area contributed by atoms with E-state index in [4.69, 9.17) is 4.74 Å². The Morgan fingerprint density at radius 1 is 1.14 bits per heavy atom. The molecule has 29 heavy (non-hydrogen) atoms. The number of aryl methyl sites for hydroxylation is 1. The minimum absolute atomic E-state index is 0.205. The Labute approximate surface area is 198 Å². The maximum Gasteiger partial charge on any atom is 0.408 e. The van der Waals surface area contributed by atoms with E-state index in [1.54, 1.807) is 32.9 Å². The molecule has 1 atom stereocenters. The standard InChI is InChI=1S/C21H24I2N2O4/c1-12-7-5-6-8-16(12)24-19(27)17(25-20(28)29-21(2,3)4)11-13-9-14(22)18(26)15(23)10-13/h5-10,17,26H,11H2,1-4H3,(H,24,27)(H,25,28)/t17-/m1/s1. The van der Waals surface area contributed by atoms with Crippen LogP contribution in [0.15, 0.2) is 36.4 Å². The van der Waals surface area contributed by atoms with E-state index in [0.717, 1.165) is 11.1 Å². The number of nitrogens with one attached hydrogen (secondary N) is 2. The van der Waals surface area contributed by atoms with Crippen LogP contribution in [0.2, 0.25) is 0 Å². The Morgan fingerprint density at radius 3 is 2.28 bits per heavy atom. The fraction of sp³-hybridized carbons (Fsp3) is 0.333. The molecule has 6 nitrogen and oxygen atoms in total. The van der Waals surface area contributed by atoms with Gasteiger partial charge in [0.2, 0.25) is 5.91 Å². The lowest BCUT2D eigenvalue weighted by atomic mass is 10.0. The van der Waals surface area contributed by atoms with Crippen molar-refractivity contribution in [2.75, 3.05) is 5.32 Å². The average molecular weight is 622 g/mol. The number of anilines is 1. The largest absolute Gasteiger partial charge is 0.506 e. The number of carbonyl (C=O) groups excluding carboxylic acids is 2. The molecule has 2 aromatic carbocycles. The first-order valence-corrected chi connectivity index (χ1v) is 11.1. The van der Waals surface area contributed by atoms with Crippen molar-refractivity contribution in [3.8, 4) is 5.75 Å². The number of ether oxygens (including phenoxy) is 1. The van der Waals surface area contributed by atoms with E-state index in [2.05, 4.69) is 10.6 Å². The van der Waals surface area contributed by atoms with Crippen molar-refractivity contribution in [2.24, 2.45) is 0 Å². The summed E-state index contributed by atoms with van der Waals surface area (Å²) in [5.74, 6) is -0.140. The van der Waals surface area contributed by atoms with Crippen molar-refractivity contribution in [3.05, 3.63) is 54.7 Å². The molecule has 0 aliphatic carbocycles. The van der Waals surface area contributed by atoms with Gasteiger partial charge in [0.15, 0.2) is 0 Å². The highest BCUT2D eigenvalue weighted by molar-refractivity contribution is 14.1. The third-order valence-corrected chi connectivity index (χ3v) is 5.57. The van der Waals surface area contributed by atoms with Gasteiger partial charge in [0.25, 0.3) is 0 Å². The molecule has 2 aromatic rings. The number of para-hydroxylation sites is 1. The zero-order valence-corrected chi connectivity index (χ0v) is 21.0. The van der Waals surface area contributed by atoms with Gasteiger partial charge in [-0.15, -0.1) is 0 Å². The van der Waals surface area contributed by atoms with Gasteiger partial charge in [0.05, 0.1) is 7.14 Å². The third-order valence-electron chi connectivity index (χ3n) is 3.93. The van der Waals surface area contributed by atoms with Crippen molar-refractivity contribution in [1.29, 1.82) is 0 Å². The Kier molecular flexibility index (Phi) is 8.15. The molecule has 0 heterocycles. The van der Waals surface area contributed by atoms with Crippen LogP contribution in [0.3, 0.4) is 0 Å². The van der Waals surface area contributed by atoms with Crippen molar-refractivity contribution in [3.63, 3.8) is 0 Å². The number of alkyl carbamates (subject to hydrolysis) is 1. The van der Waals surface area contributed by atoms with Crippen LogP contribution in [-0.4, -0.2) is 28.7 Å². The quantitative estimate of drug-likeness (QED) is 0.411. The smallest absolute Gasteiger partial charge is 0.408 e. The molecule has 0 radical (unpaired) electrons. The number of carbonyl (C=O) groups is 2. The van der Waals surface area contributed by atoms with Crippen molar-refractivity contribution < 1.29 is 19.4 Å². The van der Waals surface area contributed by atoms with E-state index in [9.17, 15) is 14.7 Å². The van der Waals surface area contributed by atoms with E-state index in [1.165, 1.54) is 0 Å². The van der Waals surface area contributed by atoms with Crippen molar-refractivity contribution in [2.45, 2.75) is 45.8 Å². The molecule has 3 N–H and O–H groups in total. The van der Waals surface area contributed by atoms with Crippen LogP contribution in [-0.2, 0) is 16.0 Å². The number of benzene rings is 2. The highest BCUT2D eigenvalue weighted by Crippen LogP contribution is 2.28. The predicted octanol–water partition coefficient (Wildman–Crippen LogP) is 4.98. The molecule has 0 saturated heterocycles. The molecule has 2 amide bonds. The van der Waals surface area contributed by atoms with Crippen LogP contribution in [0.25, 0.3) is 0 Å². The number of hydrogen-bond donors (Lipinski definition) is 3. The van der Waals surface area contributed by atoms with Crippen LogP contribution in [0.1, 0.15) is 31.9 Å². The third kappa shape index (κ3) is 7.32. The first kappa shape index (κ1) is 23.7. The van der Waals surface area contributed by atoms with E-state index < -0.39 is 17.7 Å². The lowest BCUT2D eigenvalue weighted by molar-refractivity contribution is -0.118. The van der Waals surface area contributed by atoms with Crippen LogP contribution in [0, 0.1) is 14.1 Å². The molecule has 156 valence electrons. The van der Waals surface area contributed by atoms with Gasteiger partial charge in [-0.05, 0) is 102 Å². The molecule has 0 aliphatic rings. The molecule has 0 bridgehead atoms. The summed E-state index contributed by atoms with van der Waals surface area (Å²) in [5, 5.41) is 15.5. The first-order chi connectivity index (χ1) is 13.5. The minimum atomic E-state index is -0.847. The predicted molar refractivity (Wildman–Crippen MR) is 130 cm³/mol. The van der Waals surface area contributed by atoms with Gasteiger partial charge in [-0.2, -0.15) is 0 Å². The van der Waals surface area contributed by atoms with Gasteiger partial charge in [-0.1, -0.05) is 18.2 Å². The number of rotatable bonds is 5. The van der Waals surface area contributed by atoms with Crippen molar-refractivity contribution in [1.82, 2.24) is 5.32 Å². The van der Waals surface area contributed by atoms with Crippen LogP contribution in [0.5, 0.6) is 5.75 Å². The number of phenolic OH excluding ortho intramolecular Hbond substituents is 1. The second-order valence-electron chi connectivity index (χ2n) is 7.62. The number of aromatic hydroxyl groups is 1. The maximum absolute atomic E-state index is 13.0. The zero-order chi connectivity index (χ0) is 21.8. The minimum Gasteiger partial charge on any atom is -0.506 e. The monoisotopic (exact) mass is 622 g/mol. The van der Waals surface area contributed by atoms with Gasteiger partial charge in [-0.25, -0.2) is 4.79 Å². The van der Waals surface area contributed by atoms with E-state index >= 15 is 0 Å². The van der Waals surface area contributed by atoms with Crippen LogP contribution >= 0.6 is 45.2 Å². The molecule has 2 rings (SSSR count). The molecule has 0 unspecified atom stereocenters. The summed E-state index contributed by atoms with van der Waals surface area (Å²) in [6.45, 7) is 7.19. The summed E-state index contributed by atoms with van der Waals surface area (Å²) in [6.07, 6.45) is -0.408. The summed E-state index contributed by atoms with van der Waals surface area (Å²) in [5.41, 5.74) is 1.75. The molecule has 8 heteroatoms. The Morgan fingerprint density at radius 2 is 1.72 bits per heavy atom. The Balaban J connectivity index is 2.26. The zero-order valence-electron chi connectivity index (χ0n) is 16.7. The molecule has 0 spiro atoms. The van der Waals surface area contributed by atoms with Crippen molar-refractivity contribution >= 4 is 62.9 Å². The maximum atomic E-state index is 13.0. The number of halogens is 2. The highest BCUT2D eigenvalue weighted by Gasteiger charge is 2.25. The van der Waals surface area contributed by atoms with Crippen LogP contribution in [0.4, 0.5) is 10.5 Å². The van der Waals surface area contributed by atoms with Gasteiger partial charge in [-0.3, -0.25) is 4.79 Å². The van der Waals surface area contributed by atoms with Gasteiger partial charge in [0, 0.05) is 12.1 Å². The van der Waals surface area contributed by atoms with E-state index in [1.807, 2.05) is 76.4 Å². The highest BCUT2D eigenvalue weighted by atomic mass is 127. The van der Waals surface area contributed by atoms with E-state index in [0.29, 0.717) is 12.8 Å².